The summed E-state index contributed by atoms with van der Waals surface area (Å²) in [4.78, 5) is 0. The molecule has 0 unspecified atom stereocenters. The van der Waals surface area contributed by atoms with Crippen molar-refractivity contribution in [1.29, 1.82) is 0 Å². The number of hydrogen-bond donors (Lipinski definition) is 2. The van der Waals surface area contributed by atoms with Crippen molar-refractivity contribution in [2.75, 3.05) is 17.7 Å². The maximum atomic E-state index is 5.62. The lowest BCUT2D eigenvalue weighted by atomic mass is 10.2. The van der Waals surface area contributed by atoms with E-state index in [0.717, 1.165) is 5.75 Å². The highest BCUT2D eigenvalue weighted by molar-refractivity contribution is 7.97. The number of thioether (sulfide) groups is 1. The quantitative estimate of drug-likeness (QED) is 0.661. The molecule has 1 rings (SSSR count). The van der Waals surface area contributed by atoms with E-state index in [1.165, 1.54) is 5.56 Å². The molecule has 0 heterocycles. The lowest BCUT2D eigenvalue weighted by Gasteiger charge is -2.02. The molecule has 0 spiro atoms. The number of nitrogens with two attached hydrogens (primary N) is 2. The summed E-state index contributed by atoms with van der Waals surface area (Å²) in [6.45, 7) is 0. The van der Waals surface area contributed by atoms with Crippen molar-refractivity contribution in [3.05, 3.63) is 23.8 Å². The van der Waals surface area contributed by atoms with Gasteiger partial charge in [-0.25, -0.2) is 0 Å². The van der Waals surface area contributed by atoms with Gasteiger partial charge in [-0.2, -0.15) is 11.8 Å². The fourth-order valence-corrected chi connectivity index (χ4v) is 1.39. The zero-order valence-corrected chi connectivity index (χ0v) is 7.32. The summed E-state index contributed by atoms with van der Waals surface area (Å²) in [5.41, 5.74) is 13.7. The molecule has 1 aromatic carbocycles. The van der Waals surface area contributed by atoms with Gasteiger partial charge >= 0.3 is 0 Å². The number of hydrogen-bond acceptors (Lipinski definition) is 3. The molecule has 4 N–H and O–H groups in total. The number of benzene rings is 1. The van der Waals surface area contributed by atoms with Gasteiger partial charge in [0.2, 0.25) is 0 Å². The molecule has 0 saturated heterocycles. The summed E-state index contributed by atoms with van der Waals surface area (Å²) < 4.78 is 0. The Balaban J connectivity index is 2.86. The molecule has 3 heteroatoms. The summed E-state index contributed by atoms with van der Waals surface area (Å²) in [6, 6.07) is 5.77. The Kier molecular flexibility index (Phi) is 2.65. The Morgan fingerprint density at radius 3 is 2.55 bits per heavy atom. The van der Waals surface area contributed by atoms with Crippen LogP contribution in [0.2, 0.25) is 0 Å². The second-order valence-electron chi connectivity index (χ2n) is 2.40. The molecule has 0 radical (unpaired) electrons. The van der Waals surface area contributed by atoms with Gasteiger partial charge in [0.15, 0.2) is 0 Å². The van der Waals surface area contributed by atoms with Gasteiger partial charge in [0.05, 0.1) is 11.4 Å². The first-order chi connectivity index (χ1) is 5.24. The summed E-state index contributed by atoms with van der Waals surface area (Å²) in [5, 5.41) is 0. The van der Waals surface area contributed by atoms with Gasteiger partial charge in [-0.15, -0.1) is 0 Å². The Hall–Kier alpha value is -0.830. The van der Waals surface area contributed by atoms with Crippen LogP contribution in [-0.2, 0) is 5.75 Å². The van der Waals surface area contributed by atoms with Crippen molar-refractivity contribution < 1.29 is 0 Å². The lowest BCUT2D eigenvalue weighted by molar-refractivity contribution is 1.42. The molecule has 0 aliphatic heterocycles. The predicted octanol–water partition coefficient (Wildman–Crippen LogP) is 1.71. The maximum Gasteiger partial charge on any atom is 0.0550 e. The first-order valence-electron chi connectivity index (χ1n) is 3.37. The summed E-state index contributed by atoms with van der Waals surface area (Å²) >= 11 is 1.77. The van der Waals surface area contributed by atoms with Crippen molar-refractivity contribution >= 4 is 23.1 Å². The molecule has 11 heavy (non-hydrogen) atoms. The van der Waals surface area contributed by atoms with Gasteiger partial charge in [-0.1, -0.05) is 6.07 Å². The third kappa shape index (κ3) is 2.05. The van der Waals surface area contributed by atoms with Crippen LogP contribution in [0, 0.1) is 0 Å². The zero-order chi connectivity index (χ0) is 8.27. The highest BCUT2D eigenvalue weighted by atomic mass is 32.2. The molecule has 0 saturated carbocycles. The van der Waals surface area contributed by atoms with E-state index in [0.29, 0.717) is 11.4 Å². The second kappa shape index (κ2) is 3.53. The topological polar surface area (TPSA) is 52.0 Å². The minimum absolute atomic E-state index is 0.662. The molecule has 0 aliphatic carbocycles. The third-order valence-electron chi connectivity index (χ3n) is 1.46. The number of rotatable bonds is 2. The highest BCUT2D eigenvalue weighted by Crippen LogP contribution is 2.18. The smallest absolute Gasteiger partial charge is 0.0550 e. The number of anilines is 2. The van der Waals surface area contributed by atoms with E-state index >= 15 is 0 Å². The fraction of sp³-hybridized carbons (Fsp3) is 0.250. The van der Waals surface area contributed by atoms with E-state index in [2.05, 4.69) is 6.26 Å². The molecule has 0 fully saturated rings. The van der Waals surface area contributed by atoms with Crippen LogP contribution in [0.1, 0.15) is 5.56 Å². The molecule has 0 aliphatic rings. The van der Waals surface area contributed by atoms with E-state index in [1.807, 2.05) is 18.2 Å². The van der Waals surface area contributed by atoms with Gasteiger partial charge in [-0.3, -0.25) is 0 Å². The van der Waals surface area contributed by atoms with Gasteiger partial charge in [0.1, 0.15) is 0 Å². The van der Waals surface area contributed by atoms with Crippen molar-refractivity contribution in [3.63, 3.8) is 0 Å². The van der Waals surface area contributed by atoms with Crippen LogP contribution >= 0.6 is 11.8 Å². The molecule has 0 aromatic heterocycles. The van der Waals surface area contributed by atoms with E-state index in [4.69, 9.17) is 11.5 Å². The summed E-state index contributed by atoms with van der Waals surface area (Å²) in [6.07, 6.45) is 2.06. The molecular formula is C8H12N2S. The van der Waals surface area contributed by atoms with Crippen LogP contribution in [0.5, 0.6) is 0 Å². The Bertz CT molecular complexity index is 248. The van der Waals surface area contributed by atoms with E-state index in [9.17, 15) is 0 Å². The molecule has 0 amide bonds. The largest absolute Gasteiger partial charge is 0.397 e. The van der Waals surface area contributed by atoms with Gasteiger partial charge in [-0.05, 0) is 24.0 Å². The summed E-state index contributed by atoms with van der Waals surface area (Å²) in [7, 11) is 0. The van der Waals surface area contributed by atoms with Crippen LogP contribution in [-0.4, -0.2) is 6.26 Å². The summed E-state index contributed by atoms with van der Waals surface area (Å²) in [5.74, 6) is 0.991. The highest BCUT2D eigenvalue weighted by Gasteiger charge is 1.95. The zero-order valence-electron chi connectivity index (χ0n) is 6.50. The molecule has 0 atom stereocenters. The van der Waals surface area contributed by atoms with Crippen LogP contribution in [0.15, 0.2) is 18.2 Å². The van der Waals surface area contributed by atoms with E-state index in [-0.39, 0.29) is 0 Å². The van der Waals surface area contributed by atoms with Crippen LogP contribution in [0.4, 0.5) is 11.4 Å². The normalized spacial score (nSPS) is 9.91. The van der Waals surface area contributed by atoms with Crippen molar-refractivity contribution in [2.45, 2.75) is 5.75 Å². The van der Waals surface area contributed by atoms with Gasteiger partial charge in [0, 0.05) is 5.75 Å². The fourth-order valence-electron chi connectivity index (χ4n) is 0.881. The van der Waals surface area contributed by atoms with Crippen molar-refractivity contribution in [3.8, 4) is 0 Å². The molecule has 0 bridgehead atoms. The Morgan fingerprint density at radius 1 is 1.27 bits per heavy atom. The van der Waals surface area contributed by atoms with Crippen LogP contribution in [0.3, 0.4) is 0 Å². The Labute approximate surface area is 71.0 Å². The van der Waals surface area contributed by atoms with Crippen LogP contribution < -0.4 is 11.5 Å². The first-order valence-corrected chi connectivity index (χ1v) is 4.76. The minimum Gasteiger partial charge on any atom is -0.397 e. The van der Waals surface area contributed by atoms with Gasteiger partial charge in [0.25, 0.3) is 0 Å². The average Bonchev–Trinajstić information content (AvgIpc) is 1.98. The van der Waals surface area contributed by atoms with Gasteiger partial charge < -0.3 is 11.5 Å². The monoisotopic (exact) mass is 168 g/mol. The number of nitrogen functional groups attached to an aromatic ring is 2. The van der Waals surface area contributed by atoms with Crippen molar-refractivity contribution in [2.24, 2.45) is 0 Å². The van der Waals surface area contributed by atoms with Crippen molar-refractivity contribution in [1.82, 2.24) is 0 Å². The van der Waals surface area contributed by atoms with Crippen LogP contribution in [0.25, 0.3) is 0 Å². The van der Waals surface area contributed by atoms with E-state index < -0.39 is 0 Å². The SMILES string of the molecule is CSCc1ccc(N)c(N)c1. The minimum atomic E-state index is 0.662. The average molecular weight is 168 g/mol. The lowest BCUT2D eigenvalue weighted by Crippen LogP contribution is -1.94. The molecule has 60 valence electrons. The second-order valence-corrected chi connectivity index (χ2v) is 3.26. The third-order valence-corrected chi connectivity index (χ3v) is 2.08. The maximum absolute atomic E-state index is 5.62. The first kappa shape index (κ1) is 8.27. The van der Waals surface area contributed by atoms with E-state index in [1.54, 1.807) is 11.8 Å². The predicted molar refractivity (Wildman–Crippen MR) is 52.5 cm³/mol. The molecular weight excluding hydrogens is 156 g/mol. The standard InChI is InChI=1S/C8H12N2S/c1-11-5-6-2-3-7(9)8(10)4-6/h2-4H,5,9-10H2,1H3. The molecule has 1 aromatic rings. The Morgan fingerprint density at radius 2 is 2.00 bits per heavy atom. The molecule has 2 nitrogen and oxygen atoms in total.